The predicted octanol–water partition coefficient (Wildman–Crippen LogP) is 3.20. The minimum absolute atomic E-state index is 0.161. The Morgan fingerprint density at radius 2 is 2.24 bits per heavy atom. The average Bonchev–Trinajstić information content (AvgIpc) is 3.38. The number of rotatable bonds is 7. The summed E-state index contributed by atoms with van der Waals surface area (Å²) in [6, 6.07) is 1.91. The molecule has 0 aliphatic carbocycles. The van der Waals surface area contributed by atoms with Crippen molar-refractivity contribution < 1.29 is 19.1 Å². The Labute approximate surface area is 170 Å². The lowest BCUT2D eigenvalue weighted by atomic mass is 10.1. The lowest BCUT2D eigenvalue weighted by Crippen LogP contribution is -2.24. The number of carbonyl (C=O) groups excluding carboxylic acids is 2. The molecule has 2 aromatic heterocycles. The number of fused-ring (bicyclic) bond motifs is 1. The van der Waals surface area contributed by atoms with Crippen molar-refractivity contribution in [1.82, 2.24) is 9.55 Å². The molecule has 1 aliphatic heterocycles. The normalized spacial score (nSPS) is 16.8. The highest BCUT2D eigenvalue weighted by Crippen LogP contribution is 2.33. The Kier molecular flexibility index (Phi) is 6.53. The summed E-state index contributed by atoms with van der Waals surface area (Å²) in [6.45, 7) is 8.10. The molecule has 1 saturated heterocycles. The molecule has 2 aromatic rings. The van der Waals surface area contributed by atoms with E-state index < -0.39 is 5.97 Å². The number of nitrogens with one attached hydrogen (secondary N) is 2. The molecule has 0 spiro atoms. The van der Waals surface area contributed by atoms with Gasteiger partial charge >= 0.3 is 5.97 Å². The van der Waals surface area contributed by atoms with E-state index in [1.165, 1.54) is 12.7 Å². The fraction of sp³-hybridized carbons (Fsp3) is 0.476. The molecule has 1 amide bonds. The molecule has 8 heteroatoms. The average molecular weight is 400 g/mol. The quantitative estimate of drug-likeness (QED) is 0.548. The van der Waals surface area contributed by atoms with Gasteiger partial charge < -0.3 is 24.7 Å². The number of esters is 1. The van der Waals surface area contributed by atoms with Gasteiger partial charge in [-0.3, -0.25) is 4.79 Å². The molecule has 1 fully saturated rings. The molecular formula is C21H28N4O4. The van der Waals surface area contributed by atoms with Crippen LogP contribution in [-0.4, -0.2) is 48.3 Å². The zero-order valence-electron chi connectivity index (χ0n) is 17.4. The molecule has 29 heavy (non-hydrogen) atoms. The molecule has 8 nitrogen and oxygen atoms in total. The molecule has 0 aromatic carbocycles. The van der Waals surface area contributed by atoms with Crippen molar-refractivity contribution in [2.75, 3.05) is 37.5 Å². The van der Waals surface area contributed by atoms with Gasteiger partial charge in [-0.25, -0.2) is 9.78 Å². The molecule has 3 heterocycles. The Morgan fingerprint density at radius 3 is 2.86 bits per heavy atom. The largest absolute Gasteiger partial charge is 0.464 e. The molecule has 1 unspecified atom stereocenters. The monoisotopic (exact) mass is 400 g/mol. The summed E-state index contributed by atoms with van der Waals surface area (Å²) < 4.78 is 12.1. The second kappa shape index (κ2) is 9.09. The first-order valence-electron chi connectivity index (χ1n) is 9.84. The van der Waals surface area contributed by atoms with Crippen LogP contribution in [0.5, 0.6) is 0 Å². The highest BCUT2D eigenvalue weighted by Gasteiger charge is 2.29. The first-order chi connectivity index (χ1) is 14.0. The van der Waals surface area contributed by atoms with Gasteiger partial charge in [-0.05, 0) is 33.3 Å². The molecule has 2 N–H and O–H groups in total. The maximum Gasteiger partial charge on any atom is 0.356 e. The van der Waals surface area contributed by atoms with Gasteiger partial charge in [0.25, 0.3) is 0 Å². The van der Waals surface area contributed by atoms with E-state index in [0.717, 1.165) is 5.69 Å². The third kappa shape index (κ3) is 4.27. The summed E-state index contributed by atoms with van der Waals surface area (Å²) >= 11 is 0. The maximum atomic E-state index is 12.8. The van der Waals surface area contributed by atoms with Crippen molar-refractivity contribution in [2.45, 2.75) is 33.7 Å². The van der Waals surface area contributed by atoms with Gasteiger partial charge in [-0.1, -0.05) is 11.6 Å². The van der Waals surface area contributed by atoms with Gasteiger partial charge in [0, 0.05) is 25.1 Å². The van der Waals surface area contributed by atoms with Crippen LogP contribution in [0.4, 0.5) is 11.4 Å². The van der Waals surface area contributed by atoms with E-state index in [-0.39, 0.29) is 11.8 Å². The van der Waals surface area contributed by atoms with Crippen LogP contribution in [0.25, 0.3) is 11.0 Å². The molecule has 0 saturated carbocycles. The van der Waals surface area contributed by atoms with Crippen LogP contribution in [0, 0.1) is 5.92 Å². The predicted molar refractivity (Wildman–Crippen MR) is 112 cm³/mol. The molecule has 3 rings (SSSR count). The number of ether oxygens (including phenoxy) is 2. The maximum absolute atomic E-state index is 12.8. The van der Waals surface area contributed by atoms with E-state index in [4.69, 9.17) is 9.47 Å². The Bertz CT molecular complexity index is 942. The zero-order valence-corrected chi connectivity index (χ0v) is 17.4. The summed E-state index contributed by atoms with van der Waals surface area (Å²) in [5, 5.41) is 6.97. The summed E-state index contributed by atoms with van der Waals surface area (Å²) in [7, 11) is 1.33. The highest BCUT2D eigenvalue weighted by molar-refractivity contribution is 6.11. The van der Waals surface area contributed by atoms with Crippen LogP contribution < -0.4 is 10.6 Å². The first-order valence-corrected chi connectivity index (χ1v) is 9.84. The zero-order chi connectivity index (χ0) is 21.0. The number of anilines is 2. The number of amides is 1. The van der Waals surface area contributed by atoms with Crippen LogP contribution in [0.1, 0.15) is 37.7 Å². The van der Waals surface area contributed by atoms with Gasteiger partial charge in [0.05, 0.1) is 37.2 Å². The van der Waals surface area contributed by atoms with Crippen molar-refractivity contribution in [3.05, 3.63) is 29.6 Å². The van der Waals surface area contributed by atoms with Crippen molar-refractivity contribution >= 4 is 34.3 Å². The molecule has 1 atom stereocenters. The highest BCUT2D eigenvalue weighted by atomic mass is 16.5. The summed E-state index contributed by atoms with van der Waals surface area (Å²) in [4.78, 5) is 29.9. The molecule has 1 aliphatic rings. The van der Waals surface area contributed by atoms with Crippen LogP contribution >= 0.6 is 0 Å². The van der Waals surface area contributed by atoms with Gasteiger partial charge in [-0.15, -0.1) is 0 Å². The van der Waals surface area contributed by atoms with E-state index in [2.05, 4.69) is 15.6 Å². The Balaban J connectivity index is 2.07. The molecule has 156 valence electrons. The van der Waals surface area contributed by atoms with Crippen molar-refractivity contribution in [3.8, 4) is 0 Å². The number of hydrogen-bond donors (Lipinski definition) is 2. The molecule has 0 bridgehead atoms. The van der Waals surface area contributed by atoms with Crippen molar-refractivity contribution in [1.29, 1.82) is 0 Å². The number of allylic oxidation sites excluding steroid dienone is 1. The number of pyridine rings is 1. The smallest absolute Gasteiger partial charge is 0.356 e. The van der Waals surface area contributed by atoms with Gasteiger partial charge in [0.1, 0.15) is 5.65 Å². The van der Waals surface area contributed by atoms with Crippen molar-refractivity contribution in [2.24, 2.45) is 5.92 Å². The Morgan fingerprint density at radius 1 is 1.45 bits per heavy atom. The summed E-state index contributed by atoms with van der Waals surface area (Å²) in [5.74, 6) is -0.903. The SMILES string of the molecule is C/C=C(\C)CNc1cnc2c(c1)c(NC(=O)C1CCOC1)c(C(=O)OC)n2CC. The van der Waals surface area contributed by atoms with E-state index in [9.17, 15) is 9.59 Å². The van der Waals surface area contributed by atoms with Crippen LogP contribution in [0.15, 0.2) is 23.9 Å². The number of carbonyl (C=O) groups is 2. The fourth-order valence-corrected chi connectivity index (χ4v) is 3.38. The first kappa shape index (κ1) is 20.9. The van der Waals surface area contributed by atoms with Crippen LogP contribution in [0.3, 0.4) is 0 Å². The van der Waals surface area contributed by atoms with E-state index in [1.54, 1.807) is 10.8 Å². The Hall–Kier alpha value is -2.87. The number of hydrogen-bond acceptors (Lipinski definition) is 6. The topological polar surface area (TPSA) is 94.5 Å². The number of methoxy groups -OCH3 is 1. The van der Waals surface area contributed by atoms with Crippen molar-refractivity contribution in [3.63, 3.8) is 0 Å². The molecular weight excluding hydrogens is 372 g/mol. The van der Waals surface area contributed by atoms with Crippen LogP contribution in [0.2, 0.25) is 0 Å². The van der Waals surface area contributed by atoms with Gasteiger partial charge in [0.15, 0.2) is 5.69 Å². The number of aromatic nitrogens is 2. The van der Waals surface area contributed by atoms with Crippen LogP contribution in [-0.2, 0) is 20.8 Å². The second-order valence-electron chi connectivity index (χ2n) is 7.09. The second-order valence-corrected chi connectivity index (χ2v) is 7.09. The third-order valence-electron chi connectivity index (χ3n) is 5.21. The lowest BCUT2D eigenvalue weighted by molar-refractivity contribution is -0.119. The number of aryl methyl sites for hydroxylation is 1. The van der Waals surface area contributed by atoms with Gasteiger partial charge in [0.2, 0.25) is 5.91 Å². The van der Waals surface area contributed by atoms with E-state index >= 15 is 0 Å². The standard InChI is InChI=1S/C21H28N4O4/c1-5-13(3)10-22-15-9-16-17(24-20(26)14-7-8-29-12-14)18(21(27)28-4)25(6-2)19(16)23-11-15/h5,9,11,14,22H,6-8,10,12H2,1-4H3,(H,24,26)/b13-5+. The van der Waals surface area contributed by atoms with Gasteiger partial charge in [-0.2, -0.15) is 0 Å². The summed E-state index contributed by atoms with van der Waals surface area (Å²) in [6.07, 6.45) is 4.44. The summed E-state index contributed by atoms with van der Waals surface area (Å²) in [5.41, 5.74) is 3.36. The molecule has 0 radical (unpaired) electrons. The van der Waals surface area contributed by atoms with E-state index in [1.807, 2.05) is 32.9 Å². The minimum Gasteiger partial charge on any atom is -0.464 e. The van der Waals surface area contributed by atoms with E-state index in [0.29, 0.717) is 55.1 Å². The fourth-order valence-electron chi connectivity index (χ4n) is 3.38. The lowest BCUT2D eigenvalue weighted by Gasteiger charge is -2.11. The number of nitrogens with zero attached hydrogens (tertiary/aromatic N) is 2. The third-order valence-corrected chi connectivity index (χ3v) is 5.21. The minimum atomic E-state index is -0.512.